The minimum atomic E-state index is -0.490. The summed E-state index contributed by atoms with van der Waals surface area (Å²) >= 11 is 3.46. The number of benzene rings is 1. The Hall–Kier alpha value is -0.870. The molecule has 1 heterocycles. The highest BCUT2D eigenvalue weighted by Gasteiger charge is 2.34. The van der Waals surface area contributed by atoms with Gasteiger partial charge < -0.3 is 10.2 Å². The van der Waals surface area contributed by atoms with Gasteiger partial charge in [-0.3, -0.25) is 4.79 Å². The zero-order valence-electron chi connectivity index (χ0n) is 11.1. The maximum Gasteiger partial charge on any atom is 0.246 e. The van der Waals surface area contributed by atoms with Crippen LogP contribution in [0.5, 0.6) is 0 Å². The third-order valence-corrected chi connectivity index (χ3v) is 3.85. The second-order valence-corrected chi connectivity index (χ2v) is 6.21. The Kier molecular flexibility index (Phi) is 3.78. The summed E-state index contributed by atoms with van der Waals surface area (Å²) in [5.41, 5.74) is 1.64. The molecule has 0 aliphatic carbocycles. The fourth-order valence-corrected chi connectivity index (χ4v) is 2.78. The lowest BCUT2D eigenvalue weighted by Gasteiger charge is -2.30. The number of carbonyl (C=O) groups excluding carboxylic acids is 1. The molecule has 1 amide bonds. The number of hydrogen-bond donors (Lipinski definition) is 1. The average Bonchev–Trinajstić information content (AvgIpc) is 2.41. The molecule has 18 heavy (non-hydrogen) atoms. The molecule has 2 rings (SSSR count). The summed E-state index contributed by atoms with van der Waals surface area (Å²) in [4.78, 5) is 14.5. The number of nitrogens with one attached hydrogen (secondary N) is 1. The molecule has 1 aromatic rings. The van der Waals surface area contributed by atoms with E-state index in [2.05, 4.69) is 21.2 Å². The van der Waals surface area contributed by atoms with Gasteiger partial charge in [0, 0.05) is 16.7 Å². The molecule has 1 aliphatic heterocycles. The maximum atomic E-state index is 12.6. The largest absolute Gasteiger partial charge is 0.311 e. The number of amides is 1. The molecule has 0 spiro atoms. The molecule has 0 unspecified atom stereocenters. The first-order valence-corrected chi connectivity index (χ1v) is 7.04. The van der Waals surface area contributed by atoms with Gasteiger partial charge in [0.05, 0.1) is 5.54 Å². The van der Waals surface area contributed by atoms with Crippen LogP contribution in [0.15, 0.2) is 22.7 Å². The highest BCUT2D eigenvalue weighted by molar-refractivity contribution is 9.10. The molecule has 1 aromatic carbocycles. The minimum Gasteiger partial charge on any atom is -0.311 e. The van der Waals surface area contributed by atoms with Crippen molar-refractivity contribution in [3.8, 4) is 0 Å². The molecule has 1 saturated heterocycles. The molecule has 3 nitrogen and oxygen atoms in total. The third-order valence-electron chi connectivity index (χ3n) is 3.35. The number of anilines is 1. The van der Waals surface area contributed by atoms with Gasteiger partial charge in [-0.05, 0) is 57.5 Å². The van der Waals surface area contributed by atoms with Gasteiger partial charge in [-0.15, -0.1) is 0 Å². The van der Waals surface area contributed by atoms with E-state index in [0.29, 0.717) is 0 Å². The molecule has 0 bridgehead atoms. The first-order valence-electron chi connectivity index (χ1n) is 6.25. The average molecular weight is 311 g/mol. The smallest absolute Gasteiger partial charge is 0.246 e. The van der Waals surface area contributed by atoms with Crippen molar-refractivity contribution >= 4 is 27.5 Å². The monoisotopic (exact) mass is 310 g/mol. The van der Waals surface area contributed by atoms with Crippen molar-refractivity contribution in [2.45, 2.75) is 32.7 Å². The highest BCUT2D eigenvalue weighted by Crippen LogP contribution is 2.27. The third kappa shape index (κ3) is 2.59. The molecule has 1 fully saturated rings. The molecule has 1 N–H and O–H groups in total. The van der Waals surface area contributed by atoms with Gasteiger partial charge in [0.2, 0.25) is 5.91 Å². The van der Waals surface area contributed by atoms with Crippen molar-refractivity contribution < 1.29 is 4.79 Å². The first kappa shape index (κ1) is 13.6. The first-order chi connectivity index (χ1) is 8.42. The molecular weight excluding hydrogens is 292 g/mol. The van der Waals surface area contributed by atoms with Crippen LogP contribution < -0.4 is 10.2 Å². The summed E-state index contributed by atoms with van der Waals surface area (Å²) < 4.78 is 1.04. The van der Waals surface area contributed by atoms with E-state index >= 15 is 0 Å². The number of carbonyl (C=O) groups is 1. The molecule has 0 radical (unpaired) electrons. The summed E-state index contributed by atoms with van der Waals surface area (Å²) in [6, 6.07) is 6.05. The number of hydrogen-bond acceptors (Lipinski definition) is 2. The normalized spacial score (nSPS) is 19.8. The van der Waals surface area contributed by atoms with E-state index in [4.69, 9.17) is 0 Å². The molecule has 98 valence electrons. The van der Waals surface area contributed by atoms with Crippen LogP contribution >= 0.6 is 15.9 Å². The van der Waals surface area contributed by atoms with Gasteiger partial charge in [-0.2, -0.15) is 0 Å². The molecular formula is C14H19BrN2O. The van der Waals surface area contributed by atoms with Gasteiger partial charge in [0.1, 0.15) is 0 Å². The van der Waals surface area contributed by atoms with E-state index in [9.17, 15) is 4.79 Å². The van der Waals surface area contributed by atoms with Crippen LogP contribution in [0, 0.1) is 6.92 Å². The van der Waals surface area contributed by atoms with E-state index in [-0.39, 0.29) is 5.91 Å². The van der Waals surface area contributed by atoms with E-state index in [1.807, 2.05) is 43.9 Å². The molecule has 1 aliphatic rings. The highest BCUT2D eigenvalue weighted by atomic mass is 79.9. The van der Waals surface area contributed by atoms with Crippen LogP contribution in [0.2, 0.25) is 0 Å². The van der Waals surface area contributed by atoms with E-state index in [0.717, 1.165) is 35.2 Å². The summed E-state index contributed by atoms with van der Waals surface area (Å²) in [5, 5.41) is 3.30. The SMILES string of the molecule is Cc1cc(Br)ccc1N1CCCNC(C)(C)C1=O. The number of rotatable bonds is 1. The minimum absolute atomic E-state index is 0.144. The fourth-order valence-electron chi connectivity index (χ4n) is 2.30. The summed E-state index contributed by atoms with van der Waals surface area (Å²) in [5.74, 6) is 0.144. The Morgan fingerprint density at radius 2 is 2.11 bits per heavy atom. The Morgan fingerprint density at radius 3 is 2.78 bits per heavy atom. The van der Waals surface area contributed by atoms with Crippen molar-refractivity contribution in [3.63, 3.8) is 0 Å². The summed E-state index contributed by atoms with van der Waals surface area (Å²) in [6.07, 6.45) is 0.977. The maximum absolute atomic E-state index is 12.6. The zero-order valence-corrected chi connectivity index (χ0v) is 12.7. The van der Waals surface area contributed by atoms with E-state index in [1.165, 1.54) is 0 Å². The lowest BCUT2D eigenvalue weighted by molar-refractivity contribution is -0.123. The van der Waals surface area contributed by atoms with Crippen molar-refractivity contribution in [3.05, 3.63) is 28.2 Å². The van der Waals surface area contributed by atoms with Gasteiger partial charge in [0.15, 0.2) is 0 Å². The standard InChI is InChI=1S/C14H19BrN2O/c1-10-9-11(15)5-6-12(10)17-8-4-7-16-14(2,3)13(17)18/h5-6,9,16H,4,7-8H2,1-3H3. The van der Waals surface area contributed by atoms with Gasteiger partial charge in [-0.25, -0.2) is 0 Å². The van der Waals surface area contributed by atoms with Crippen molar-refractivity contribution in [2.24, 2.45) is 0 Å². The summed E-state index contributed by atoms with van der Waals surface area (Å²) in [6.45, 7) is 7.59. The Labute approximate surface area is 117 Å². The van der Waals surface area contributed by atoms with Crippen LogP contribution in [0.4, 0.5) is 5.69 Å². The van der Waals surface area contributed by atoms with E-state index in [1.54, 1.807) is 0 Å². The van der Waals surface area contributed by atoms with Gasteiger partial charge in [-0.1, -0.05) is 15.9 Å². The van der Waals surface area contributed by atoms with Crippen molar-refractivity contribution in [1.29, 1.82) is 0 Å². The topological polar surface area (TPSA) is 32.3 Å². The lowest BCUT2D eigenvalue weighted by atomic mass is 10.0. The zero-order chi connectivity index (χ0) is 13.3. The van der Waals surface area contributed by atoms with Gasteiger partial charge >= 0.3 is 0 Å². The van der Waals surface area contributed by atoms with Crippen LogP contribution in [0.3, 0.4) is 0 Å². The second kappa shape index (κ2) is 5.02. The predicted octanol–water partition coefficient (Wildman–Crippen LogP) is 2.86. The molecule has 0 atom stereocenters. The molecule has 0 saturated carbocycles. The number of aryl methyl sites for hydroxylation is 1. The Balaban J connectivity index is 2.39. The quantitative estimate of drug-likeness (QED) is 0.865. The summed E-state index contributed by atoms with van der Waals surface area (Å²) in [7, 11) is 0. The number of halogens is 1. The van der Waals surface area contributed by atoms with Crippen LogP contribution in [-0.2, 0) is 4.79 Å². The molecule has 4 heteroatoms. The van der Waals surface area contributed by atoms with Crippen LogP contribution in [0.1, 0.15) is 25.8 Å². The van der Waals surface area contributed by atoms with Crippen LogP contribution in [-0.4, -0.2) is 24.5 Å². The lowest BCUT2D eigenvalue weighted by Crippen LogP contribution is -2.51. The Bertz CT molecular complexity index is 471. The predicted molar refractivity (Wildman–Crippen MR) is 77.9 cm³/mol. The van der Waals surface area contributed by atoms with Crippen molar-refractivity contribution in [1.82, 2.24) is 5.32 Å². The molecule has 0 aromatic heterocycles. The van der Waals surface area contributed by atoms with E-state index < -0.39 is 5.54 Å². The fraction of sp³-hybridized carbons (Fsp3) is 0.500. The number of nitrogens with zero attached hydrogens (tertiary/aromatic N) is 1. The van der Waals surface area contributed by atoms with Gasteiger partial charge in [0.25, 0.3) is 0 Å². The Morgan fingerprint density at radius 1 is 1.39 bits per heavy atom. The van der Waals surface area contributed by atoms with Crippen LogP contribution in [0.25, 0.3) is 0 Å². The second-order valence-electron chi connectivity index (χ2n) is 5.29. The van der Waals surface area contributed by atoms with Crippen molar-refractivity contribution in [2.75, 3.05) is 18.0 Å².